The van der Waals surface area contributed by atoms with Crippen molar-refractivity contribution in [1.82, 2.24) is 4.90 Å². The molecule has 108 valence electrons. The van der Waals surface area contributed by atoms with Gasteiger partial charge in [0.1, 0.15) is 12.2 Å². The molecule has 2 rings (SSSR count). The number of ether oxygens (including phenoxy) is 1. The van der Waals surface area contributed by atoms with Crippen LogP contribution in [0.25, 0.3) is 0 Å². The van der Waals surface area contributed by atoms with Gasteiger partial charge in [0, 0.05) is 10.2 Å². The van der Waals surface area contributed by atoms with E-state index >= 15 is 0 Å². The molecule has 0 aliphatic carbocycles. The Bertz CT molecular complexity index is 555. The van der Waals surface area contributed by atoms with E-state index in [1.165, 1.54) is 0 Å². The van der Waals surface area contributed by atoms with E-state index in [1.807, 2.05) is 0 Å². The van der Waals surface area contributed by atoms with E-state index in [4.69, 9.17) is 15.6 Å². The zero-order chi connectivity index (χ0) is 14.9. The second-order valence-electron chi connectivity index (χ2n) is 5.03. The summed E-state index contributed by atoms with van der Waals surface area (Å²) in [6, 6.07) is 5.04. The van der Waals surface area contributed by atoms with E-state index in [9.17, 15) is 9.59 Å². The summed E-state index contributed by atoms with van der Waals surface area (Å²) >= 11 is 3.32. The molecule has 0 unspecified atom stereocenters. The molecule has 0 bridgehead atoms. The Labute approximate surface area is 124 Å². The van der Waals surface area contributed by atoms with Gasteiger partial charge in [0.2, 0.25) is 0 Å². The van der Waals surface area contributed by atoms with Crippen LogP contribution in [-0.4, -0.2) is 47.2 Å². The van der Waals surface area contributed by atoms with Crippen molar-refractivity contribution in [2.24, 2.45) is 0 Å². The first-order valence-corrected chi connectivity index (χ1v) is 6.80. The maximum atomic E-state index is 12.3. The van der Waals surface area contributed by atoms with Crippen molar-refractivity contribution in [1.29, 1.82) is 0 Å². The first-order valence-electron chi connectivity index (χ1n) is 6.01. The summed E-state index contributed by atoms with van der Waals surface area (Å²) in [7, 11) is 0. The van der Waals surface area contributed by atoms with Crippen molar-refractivity contribution in [3.05, 3.63) is 28.2 Å². The molecule has 0 saturated carbocycles. The number of halogens is 1. The van der Waals surface area contributed by atoms with Crippen LogP contribution in [0.4, 0.5) is 5.69 Å². The van der Waals surface area contributed by atoms with Crippen LogP contribution in [0.2, 0.25) is 0 Å². The third-order valence-corrected chi connectivity index (χ3v) is 3.79. The van der Waals surface area contributed by atoms with Gasteiger partial charge in [-0.2, -0.15) is 0 Å². The Balaban J connectivity index is 2.00. The van der Waals surface area contributed by atoms with Crippen LogP contribution in [0.3, 0.4) is 0 Å². The van der Waals surface area contributed by atoms with Gasteiger partial charge in [0.15, 0.2) is 0 Å². The standard InChI is InChI=1S/C13H15BrN2O4/c1-13(20-5-11(17)18)6-16(7-13)12(19)9-4-8(15)2-3-10(9)14/h2-4H,5-7,15H2,1H3,(H,17,18). The molecule has 7 heteroatoms. The van der Waals surface area contributed by atoms with Crippen LogP contribution < -0.4 is 5.73 Å². The number of hydrogen-bond donors (Lipinski definition) is 2. The van der Waals surface area contributed by atoms with E-state index in [1.54, 1.807) is 30.0 Å². The summed E-state index contributed by atoms with van der Waals surface area (Å²) in [6.07, 6.45) is 0. The second-order valence-corrected chi connectivity index (χ2v) is 5.89. The zero-order valence-electron chi connectivity index (χ0n) is 10.9. The molecular formula is C13H15BrN2O4. The van der Waals surface area contributed by atoms with Gasteiger partial charge in [0.05, 0.1) is 18.7 Å². The number of carbonyl (C=O) groups excluding carboxylic acids is 1. The van der Waals surface area contributed by atoms with Crippen molar-refractivity contribution in [2.75, 3.05) is 25.4 Å². The first kappa shape index (κ1) is 14.8. The van der Waals surface area contributed by atoms with Crippen LogP contribution in [0.15, 0.2) is 22.7 Å². The molecule has 0 radical (unpaired) electrons. The van der Waals surface area contributed by atoms with E-state index in [2.05, 4.69) is 15.9 Å². The monoisotopic (exact) mass is 342 g/mol. The van der Waals surface area contributed by atoms with Gasteiger partial charge in [-0.05, 0) is 41.1 Å². The summed E-state index contributed by atoms with van der Waals surface area (Å²) in [6.45, 7) is 2.15. The minimum Gasteiger partial charge on any atom is -0.480 e. The highest BCUT2D eigenvalue weighted by molar-refractivity contribution is 9.10. The number of hydrogen-bond acceptors (Lipinski definition) is 4. The summed E-state index contributed by atoms with van der Waals surface area (Å²) in [5.41, 5.74) is 6.09. The van der Waals surface area contributed by atoms with Gasteiger partial charge in [0.25, 0.3) is 5.91 Å². The zero-order valence-corrected chi connectivity index (χ0v) is 12.5. The van der Waals surface area contributed by atoms with Crippen molar-refractivity contribution in [2.45, 2.75) is 12.5 Å². The Hall–Kier alpha value is -1.60. The van der Waals surface area contributed by atoms with Gasteiger partial charge < -0.3 is 20.5 Å². The molecule has 1 aromatic carbocycles. The highest BCUT2D eigenvalue weighted by Gasteiger charge is 2.43. The normalized spacial score (nSPS) is 16.6. The minimum atomic E-state index is -1.02. The van der Waals surface area contributed by atoms with Crippen molar-refractivity contribution in [3.8, 4) is 0 Å². The van der Waals surface area contributed by atoms with Gasteiger partial charge >= 0.3 is 5.97 Å². The van der Waals surface area contributed by atoms with Crippen LogP contribution in [-0.2, 0) is 9.53 Å². The van der Waals surface area contributed by atoms with Gasteiger partial charge in [-0.15, -0.1) is 0 Å². The van der Waals surface area contributed by atoms with E-state index in [0.717, 1.165) is 0 Å². The first-order chi connectivity index (χ1) is 9.31. The number of amides is 1. The van der Waals surface area contributed by atoms with Gasteiger partial charge in [-0.3, -0.25) is 4.79 Å². The number of aliphatic carboxylic acids is 1. The molecule has 20 heavy (non-hydrogen) atoms. The molecule has 1 aliphatic rings. The Morgan fingerprint density at radius 1 is 1.50 bits per heavy atom. The molecule has 1 heterocycles. The molecule has 0 aromatic heterocycles. The number of nitrogens with zero attached hydrogens (tertiary/aromatic N) is 1. The quantitative estimate of drug-likeness (QED) is 0.805. The number of anilines is 1. The SMILES string of the molecule is CC1(OCC(=O)O)CN(C(=O)c2cc(N)ccc2Br)C1. The lowest BCUT2D eigenvalue weighted by Gasteiger charge is -2.47. The van der Waals surface area contributed by atoms with E-state index < -0.39 is 11.6 Å². The Kier molecular flexibility index (Phi) is 4.01. The number of nitrogens with two attached hydrogens (primary N) is 1. The number of likely N-dealkylation sites (tertiary alicyclic amines) is 1. The second kappa shape index (κ2) is 5.41. The number of carboxylic acids is 1. The smallest absolute Gasteiger partial charge is 0.329 e. The highest BCUT2D eigenvalue weighted by Crippen LogP contribution is 2.29. The van der Waals surface area contributed by atoms with Crippen molar-refractivity contribution in [3.63, 3.8) is 0 Å². The molecule has 1 aromatic rings. The maximum absolute atomic E-state index is 12.3. The topological polar surface area (TPSA) is 92.9 Å². The summed E-state index contributed by atoms with van der Waals surface area (Å²) in [4.78, 5) is 24.4. The minimum absolute atomic E-state index is 0.152. The fraction of sp³-hybridized carbons (Fsp3) is 0.385. The number of carboxylic acid groups (broad SMARTS) is 1. The Morgan fingerprint density at radius 3 is 2.75 bits per heavy atom. The molecule has 6 nitrogen and oxygen atoms in total. The predicted molar refractivity (Wildman–Crippen MR) is 76.5 cm³/mol. The van der Waals surface area contributed by atoms with Crippen LogP contribution in [0, 0.1) is 0 Å². The van der Waals surface area contributed by atoms with Crippen LogP contribution in [0.5, 0.6) is 0 Å². The van der Waals surface area contributed by atoms with Crippen LogP contribution >= 0.6 is 15.9 Å². The fourth-order valence-electron chi connectivity index (χ4n) is 2.11. The van der Waals surface area contributed by atoms with Crippen LogP contribution in [0.1, 0.15) is 17.3 Å². The lowest BCUT2D eigenvalue weighted by Crippen LogP contribution is -2.63. The van der Waals surface area contributed by atoms with Gasteiger partial charge in [-0.1, -0.05) is 0 Å². The molecular weight excluding hydrogens is 328 g/mol. The average molecular weight is 343 g/mol. The molecule has 0 spiro atoms. The molecule has 1 aliphatic heterocycles. The number of nitrogen functional groups attached to an aromatic ring is 1. The lowest BCUT2D eigenvalue weighted by atomic mass is 9.95. The molecule has 3 N–H and O–H groups in total. The predicted octanol–water partition coefficient (Wildman–Crippen LogP) is 1.35. The summed E-state index contributed by atoms with van der Waals surface area (Å²) in [5.74, 6) is -1.17. The number of carbonyl (C=O) groups is 2. The maximum Gasteiger partial charge on any atom is 0.329 e. The van der Waals surface area contributed by atoms with Crippen molar-refractivity contribution >= 4 is 33.5 Å². The fourth-order valence-corrected chi connectivity index (χ4v) is 2.53. The largest absolute Gasteiger partial charge is 0.480 e. The molecule has 1 saturated heterocycles. The molecule has 1 fully saturated rings. The Morgan fingerprint density at radius 2 is 2.15 bits per heavy atom. The van der Waals surface area contributed by atoms with Gasteiger partial charge in [-0.25, -0.2) is 4.79 Å². The molecule has 1 amide bonds. The van der Waals surface area contributed by atoms with E-state index in [-0.39, 0.29) is 12.5 Å². The van der Waals surface area contributed by atoms with Crippen molar-refractivity contribution < 1.29 is 19.4 Å². The lowest BCUT2D eigenvalue weighted by molar-refractivity contribution is -0.159. The number of benzene rings is 1. The molecule has 0 atom stereocenters. The third-order valence-electron chi connectivity index (χ3n) is 3.10. The van der Waals surface area contributed by atoms with E-state index in [0.29, 0.717) is 28.8 Å². The average Bonchev–Trinajstić information content (AvgIpc) is 2.35. The third kappa shape index (κ3) is 3.10. The number of rotatable bonds is 4. The summed E-state index contributed by atoms with van der Waals surface area (Å²) < 4.78 is 5.94. The summed E-state index contributed by atoms with van der Waals surface area (Å²) in [5, 5.41) is 8.59. The highest BCUT2D eigenvalue weighted by atomic mass is 79.9.